The van der Waals surface area contributed by atoms with Gasteiger partial charge in [0.05, 0.1) is 17.6 Å². The molecule has 6 unspecified atom stereocenters. The molecule has 3 aliphatic carbocycles. The minimum atomic E-state index is -3.01. The summed E-state index contributed by atoms with van der Waals surface area (Å²) in [5.74, 6) is -13.4. The summed E-state index contributed by atoms with van der Waals surface area (Å²) in [4.78, 5) is 77.0. The van der Waals surface area contributed by atoms with Gasteiger partial charge >= 0.3 is 0 Å². The maximum absolute atomic E-state index is 13.8. The maximum Gasteiger partial charge on any atom is 0.235 e. The van der Waals surface area contributed by atoms with Crippen molar-refractivity contribution in [1.29, 1.82) is 0 Å². The van der Waals surface area contributed by atoms with Crippen LogP contribution in [0.2, 0.25) is 0 Å². The van der Waals surface area contributed by atoms with Crippen LogP contribution in [0.15, 0.2) is 42.5 Å². The molecule has 0 radical (unpaired) electrons. The number of phenolic OH excluding ortho intramolecular Hbond substituents is 1. The van der Waals surface area contributed by atoms with Crippen LogP contribution in [0.3, 0.4) is 0 Å². The average molecular weight is 517 g/mol. The van der Waals surface area contributed by atoms with E-state index in [1.54, 1.807) is 30.3 Å². The molecule has 5 N–H and O–H groups in total. The topological polar surface area (TPSA) is 189 Å². The standard InChI is InChI=1S/C28H23NO9/c1-11(30)13-5-2-4-12(8-13)9-15-14-6-3-7-17(31)19(14)24(34)22-20(15)23(33)16-10-18(32)21(27(29)37)25(35)28(16,38)26(22)36/h2-9,16,20-23,31,33,38H,10H2,1H3,(H2,29,37)/b15-9+. The van der Waals surface area contributed by atoms with Gasteiger partial charge in [-0.3, -0.25) is 28.8 Å². The number of hydrogen-bond donors (Lipinski definition) is 4. The van der Waals surface area contributed by atoms with Gasteiger partial charge in [-0.05, 0) is 35.8 Å². The number of nitrogens with two attached hydrogens (primary N) is 1. The number of aliphatic hydroxyl groups excluding tert-OH is 1. The molecule has 10 nitrogen and oxygen atoms in total. The predicted molar refractivity (Wildman–Crippen MR) is 131 cm³/mol. The lowest BCUT2D eigenvalue weighted by molar-refractivity contribution is -0.185. The van der Waals surface area contributed by atoms with Gasteiger partial charge in [-0.15, -0.1) is 0 Å². The second-order valence-electron chi connectivity index (χ2n) is 9.95. The molecule has 5 rings (SSSR count). The SMILES string of the molecule is CC(=O)c1cccc(/C=C2\c3cccc(O)c3C(=O)C3C(=O)C4(O)C(=O)C(C(N)=O)C(=O)CC4C(O)C23)c1. The number of fused-ring (bicyclic) bond motifs is 3. The Morgan fingerprint density at radius 3 is 2.39 bits per heavy atom. The third-order valence-electron chi connectivity index (χ3n) is 7.86. The molecule has 0 saturated heterocycles. The van der Waals surface area contributed by atoms with Crippen molar-refractivity contribution in [2.24, 2.45) is 29.4 Å². The van der Waals surface area contributed by atoms with Crippen LogP contribution in [0.1, 0.15) is 45.2 Å². The van der Waals surface area contributed by atoms with E-state index in [4.69, 9.17) is 5.73 Å². The zero-order valence-corrected chi connectivity index (χ0v) is 20.1. The van der Waals surface area contributed by atoms with Crippen LogP contribution in [0.25, 0.3) is 11.6 Å². The molecule has 194 valence electrons. The van der Waals surface area contributed by atoms with Crippen LogP contribution in [0, 0.1) is 23.7 Å². The van der Waals surface area contributed by atoms with Crippen molar-refractivity contribution < 1.29 is 44.1 Å². The number of hydrogen-bond acceptors (Lipinski definition) is 9. The number of primary amides is 1. The second kappa shape index (κ2) is 8.64. The van der Waals surface area contributed by atoms with E-state index in [1.165, 1.54) is 25.1 Å². The van der Waals surface area contributed by atoms with E-state index in [-0.39, 0.29) is 22.5 Å². The quantitative estimate of drug-likeness (QED) is 0.332. The molecule has 2 aromatic rings. The normalized spacial score (nSPS) is 31.4. The second-order valence-corrected chi connectivity index (χ2v) is 9.95. The Morgan fingerprint density at radius 1 is 1.05 bits per heavy atom. The first-order valence-electron chi connectivity index (χ1n) is 11.9. The highest BCUT2D eigenvalue weighted by atomic mass is 16.3. The molecule has 6 atom stereocenters. The Balaban J connectivity index is 1.75. The molecule has 10 heteroatoms. The zero-order chi connectivity index (χ0) is 27.7. The molecule has 2 aromatic carbocycles. The Morgan fingerprint density at radius 2 is 1.74 bits per heavy atom. The van der Waals surface area contributed by atoms with E-state index in [9.17, 15) is 44.1 Å². The lowest BCUT2D eigenvalue weighted by atomic mass is 9.51. The van der Waals surface area contributed by atoms with Gasteiger partial charge in [0.1, 0.15) is 5.75 Å². The fourth-order valence-corrected chi connectivity index (χ4v) is 6.06. The summed E-state index contributed by atoms with van der Waals surface area (Å²) >= 11 is 0. The third kappa shape index (κ3) is 3.41. The van der Waals surface area contributed by atoms with Crippen LogP contribution >= 0.6 is 0 Å². The monoisotopic (exact) mass is 517 g/mol. The van der Waals surface area contributed by atoms with Crippen molar-refractivity contribution in [3.63, 3.8) is 0 Å². The number of carbonyl (C=O) groups excluding carboxylic acids is 6. The van der Waals surface area contributed by atoms with Crippen LogP contribution in [-0.2, 0) is 19.2 Å². The predicted octanol–water partition coefficient (Wildman–Crippen LogP) is 0.498. The average Bonchev–Trinajstić information content (AvgIpc) is 2.86. The number of benzene rings is 2. The number of ketones is 5. The number of amides is 1. The van der Waals surface area contributed by atoms with Gasteiger partial charge in [0.25, 0.3) is 0 Å². The van der Waals surface area contributed by atoms with Crippen LogP contribution < -0.4 is 5.73 Å². The van der Waals surface area contributed by atoms with Crippen molar-refractivity contribution in [2.45, 2.75) is 25.0 Å². The van der Waals surface area contributed by atoms with E-state index in [1.807, 2.05) is 0 Å². The van der Waals surface area contributed by atoms with E-state index >= 15 is 0 Å². The summed E-state index contributed by atoms with van der Waals surface area (Å²) in [6, 6.07) is 10.7. The van der Waals surface area contributed by atoms with Crippen LogP contribution in [0.5, 0.6) is 5.75 Å². The first-order chi connectivity index (χ1) is 17.9. The fourth-order valence-electron chi connectivity index (χ4n) is 6.06. The zero-order valence-electron chi connectivity index (χ0n) is 20.1. The summed E-state index contributed by atoms with van der Waals surface area (Å²) in [5.41, 5.74) is 3.27. The number of Topliss-reactive ketones (excluding diaryl/α,β-unsaturated/α-hetero) is 5. The van der Waals surface area contributed by atoms with Gasteiger partial charge in [0.15, 0.2) is 40.4 Å². The van der Waals surface area contributed by atoms with Gasteiger partial charge in [-0.25, -0.2) is 0 Å². The smallest absolute Gasteiger partial charge is 0.235 e. The Hall–Kier alpha value is -4.28. The minimum absolute atomic E-state index is 0.207. The molecule has 0 aromatic heterocycles. The van der Waals surface area contributed by atoms with Gasteiger partial charge in [0.2, 0.25) is 5.91 Å². The number of phenols is 1. The molecule has 1 amide bonds. The van der Waals surface area contributed by atoms with Gasteiger partial charge in [0, 0.05) is 23.8 Å². The van der Waals surface area contributed by atoms with Gasteiger partial charge in [-0.2, -0.15) is 0 Å². The highest BCUT2D eigenvalue weighted by Gasteiger charge is 2.69. The number of aliphatic hydroxyl groups is 2. The third-order valence-corrected chi connectivity index (χ3v) is 7.86. The van der Waals surface area contributed by atoms with Crippen molar-refractivity contribution >= 4 is 46.5 Å². The van der Waals surface area contributed by atoms with E-state index in [0.717, 1.165) is 0 Å². The molecule has 3 aliphatic rings. The molecule has 0 spiro atoms. The molecule has 2 fully saturated rings. The molecular formula is C28H23NO9. The van der Waals surface area contributed by atoms with Crippen LogP contribution in [-0.4, -0.2) is 61.8 Å². The first-order valence-corrected chi connectivity index (χ1v) is 11.9. The summed E-state index contributed by atoms with van der Waals surface area (Å²) in [5, 5.41) is 33.5. The summed E-state index contributed by atoms with van der Waals surface area (Å²) < 4.78 is 0. The fraction of sp³-hybridized carbons (Fsp3) is 0.286. The Kier molecular flexibility index (Phi) is 5.77. The van der Waals surface area contributed by atoms with Crippen molar-refractivity contribution in [1.82, 2.24) is 0 Å². The first kappa shape index (κ1) is 25.4. The highest BCUT2D eigenvalue weighted by Crippen LogP contribution is 2.54. The number of carbonyl (C=O) groups is 6. The lowest BCUT2D eigenvalue weighted by Gasteiger charge is -2.51. The van der Waals surface area contributed by atoms with Crippen molar-refractivity contribution in [3.05, 3.63) is 64.7 Å². The maximum atomic E-state index is 13.8. The molecule has 2 saturated carbocycles. The highest BCUT2D eigenvalue weighted by molar-refractivity contribution is 6.32. The number of rotatable bonds is 3. The van der Waals surface area contributed by atoms with Crippen molar-refractivity contribution in [3.8, 4) is 5.75 Å². The molecule has 38 heavy (non-hydrogen) atoms. The largest absolute Gasteiger partial charge is 0.507 e. The molecule has 0 aliphatic heterocycles. The van der Waals surface area contributed by atoms with E-state index in [0.29, 0.717) is 11.1 Å². The van der Waals surface area contributed by atoms with Gasteiger partial charge in [-0.1, -0.05) is 36.4 Å². The minimum Gasteiger partial charge on any atom is -0.507 e. The van der Waals surface area contributed by atoms with E-state index in [2.05, 4.69) is 0 Å². The molecule has 0 heterocycles. The van der Waals surface area contributed by atoms with Gasteiger partial charge < -0.3 is 21.1 Å². The van der Waals surface area contributed by atoms with Crippen molar-refractivity contribution in [2.75, 3.05) is 0 Å². The summed E-state index contributed by atoms with van der Waals surface area (Å²) in [6.07, 6.45) is -0.889. The molecular weight excluding hydrogens is 494 g/mol. The van der Waals surface area contributed by atoms with Crippen LogP contribution in [0.4, 0.5) is 0 Å². The molecule has 0 bridgehead atoms. The van der Waals surface area contributed by atoms with E-state index < -0.39 is 76.6 Å². The Labute approximate surface area is 215 Å². The number of aromatic hydroxyl groups is 1. The Bertz CT molecular complexity index is 1510. The summed E-state index contributed by atoms with van der Waals surface area (Å²) in [7, 11) is 0. The summed E-state index contributed by atoms with van der Waals surface area (Å²) in [6.45, 7) is 1.38. The lowest BCUT2D eigenvalue weighted by Crippen LogP contribution is -2.72.